The molecule has 1 atom stereocenters. The fourth-order valence-corrected chi connectivity index (χ4v) is 1.18. The molecule has 2 N–H and O–H groups in total. The van der Waals surface area contributed by atoms with Crippen LogP contribution in [0.15, 0.2) is 0 Å². The van der Waals surface area contributed by atoms with Gasteiger partial charge in [0.1, 0.15) is 6.04 Å². The average molecular weight is 232 g/mol. The summed E-state index contributed by atoms with van der Waals surface area (Å²) in [5.41, 5.74) is 0. The molecule has 2 amide bonds. The number of hydrogen-bond acceptors (Lipinski definition) is 3. The van der Waals surface area contributed by atoms with Crippen LogP contribution in [0.5, 0.6) is 0 Å². The summed E-state index contributed by atoms with van der Waals surface area (Å²) in [6.07, 6.45) is 0.364. The summed E-state index contributed by atoms with van der Waals surface area (Å²) in [6.45, 7) is 4.95. The van der Waals surface area contributed by atoms with Gasteiger partial charge in [0, 0.05) is 20.2 Å². The molecule has 0 radical (unpaired) electrons. The van der Waals surface area contributed by atoms with Crippen molar-refractivity contribution in [1.82, 2.24) is 10.2 Å². The number of carboxylic acids is 1. The van der Waals surface area contributed by atoms with Crippen LogP contribution in [-0.4, -0.2) is 54.9 Å². The third kappa shape index (κ3) is 4.97. The Morgan fingerprint density at radius 2 is 2.06 bits per heavy atom. The topological polar surface area (TPSA) is 78.9 Å². The van der Waals surface area contributed by atoms with E-state index >= 15 is 0 Å². The van der Waals surface area contributed by atoms with Crippen LogP contribution in [0.4, 0.5) is 4.79 Å². The molecule has 0 heterocycles. The summed E-state index contributed by atoms with van der Waals surface area (Å²) in [7, 11) is 1.55. The second-order valence-corrected chi connectivity index (χ2v) is 3.32. The van der Waals surface area contributed by atoms with Crippen LogP contribution < -0.4 is 5.32 Å². The number of carbonyl (C=O) groups is 2. The number of aliphatic carboxylic acids is 1. The highest BCUT2D eigenvalue weighted by Gasteiger charge is 2.20. The van der Waals surface area contributed by atoms with Gasteiger partial charge in [-0.3, -0.25) is 0 Å². The van der Waals surface area contributed by atoms with E-state index in [-0.39, 0.29) is 6.03 Å². The van der Waals surface area contributed by atoms with Crippen LogP contribution in [0.3, 0.4) is 0 Å². The Balaban J connectivity index is 4.23. The maximum Gasteiger partial charge on any atom is 0.326 e. The molecule has 0 aliphatic carbocycles. The number of ether oxygens (including phenoxy) is 1. The molecular formula is C10H20N2O4. The monoisotopic (exact) mass is 232 g/mol. The lowest BCUT2D eigenvalue weighted by Gasteiger charge is -2.23. The van der Waals surface area contributed by atoms with Crippen LogP contribution in [0, 0.1) is 0 Å². The van der Waals surface area contributed by atoms with E-state index in [1.807, 2.05) is 6.92 Å². The molecule has 0 saturated carbocycles. The summed E-state index contributed by atoms with van der Waals surface area (Å²) < 4.78 is 4.87. The van der Waals surface area contributed by atoms with Gasteiger partial charge >= 0.3 is 12.0 Å². The number of amides is 2. The minimum atomic E-state index is -1.02. The Morgan fingerprint density at radius 1 is 1.44 bits per heavy atom. The van der Waals surface area contributed by atoms with Crippen molar-refractivity contribution < 1.29 is 19.4 Å². The van der Waals surface area contributed by atoms with Crippen molar-refractivity contribution in [2.24, 2.45) is 0 Å². The first-order valence-electron chi connectivity index (χ1n) is 5.33. The number of hydrogen-bond donors (Lipinski definition) is 2. The van der Waals surface area contributed by atoms with Gasteiger partial charge in [-0.15, -0.1) is 0 Å². The normalized spacial score (nSPS) is 11.9. The van der Waals surface area contributed by atoms with Crippen molar-refractivity contribution in [2.75, 3.05) is 26.8 Å². The second kappa shape index (κ2) is 7.92. The van der Waals surface area contributed by atoms with E-state index in [0.717, 1.165) is 0 Å². The molecule has 16 heavy (non-hydrogen) atoms. The minimum Gasteiger partial charge on any atom is -0.480 e. The number of urea groups is 1. The van der Waals surface area contributed by atoms with Crippen LogP contribution in [0.25, 0.3) is 0 Å². The van der Waals surface area contributed by atoms with Crippen LogP contribution in [0.1, 0.15) is 20.3 Å². The van der Waals surface area contributed by atoms with E-state index in [9.17, 15) is 9.59 Å². The number of methoxy groups -OCH3 is 1. The van der Waals surface area contributed by atoms with E-state index in [1.165, 1.54) is 4.90 Å². The highest BCUT2D eigenvalue weighted by Crippen LogP contribution is 1.95. The van der Waals surface area contributed by atoms with Gasteiger partial charge in [0.2, 0.25) is 0 Å². The molecule has 6 nitrogen and oxygen atoms in total. The van der Waals surface area contributed by atoms with Crippen molar-refractivity contribution in [3.05, 3.63) is 0 Å². The van der Waals surface area contributed by atoms with Gasteiger partial charge in [0.15, 0.2) is 0 Å². The Bertz CT molecular complexity index is 233. The summed E-state index contributed by atoms with van der Waals surface area (Å²) in [5.74, 6) is -1.02. The molecule has 0 aromatic carbocycles. The Labute approximate surface area is 95.6 Å². The van der Waals surface area contributed by atoms with Gasteiger partial charge in [-0.25, -0.2) is 9.59 Å². The Morgan fingerprint density at radius 3 is 2.44 bits per heavy atom. The lowest BCUT2D eigenvalue weighted by Crippen LogP contribution is -2.48. The van der Waals surface area contributed by atoms with Gasteiger partial charge in [0.25, 0.3) is 0 Å². The molecule has 0 bridgehead atoms. The molecule has 0 spiro atoms. The average Bonchev–Trinajstić information content (AvgIpc) is 2.26. The Kier molecular flexibility index (Phi) is 7.28. The van der Waals surface area contributed by atoms with Gasteiger partial charge in [-0.1, -0.05) is 6.92 Å². The van der Waals surface area contributed by atoms with Crippen LogP contribution in [0.2, 0.25) is 0 Å². The summed E-state index contributed by atoms with van der Waals surface area (Å²) in [4.78, 5) is 23.9. The zero-order valence-corrected chi connectivity index (χ0v) is 10.0. The fourth-order valence-electron chi connectivity index (χ4n) is 1.18. The lowest BCUT2D eigenvalue weighted by atomic mass is 10.2. The highest BCUT2D eigenvalue weighted by molar-refractivity contribution is 5.82. The number of carboxylic acid groups (broad SMARTS) is 1. The van der Waals surface area contributed by atoms with E-state index in [2.05, 4.69) is 5.32 Å². The van der Waals surface area contributed by atoms with E-state index in [4.69, 9.17) is 9.84 Å². The maximum absolute atomic E-state index is 11.6. The molecule has 0 saturated heterocycles. The molecule has 0 fully saturated rings. The molecule has 0 aliphatic heterocycles. The van der Waals surface area contributed by atoms with Gasteiger partial charge in [-0.2, -0.15) is 0 Å². The predicted octanol–water partition coefficient (Wildman–Crippen LogP) is 0.527. The zero-order valence-electron chi connectivity index (χ0n) is 10.0. The quantitative estimate of drug-likeness (QED) is 0.671. The van der Waals surface area contributed by atoms with Crippen molar-refractivity contribution in [2.45, 2.75) is 26.3 Å². The van der Waals surface area contributed by atoms with E-state index in [1.54, 1.807) is 14.0 Å². The van der Waals surface area contributed by atoms with Crippen LogP contribution in [-0.2, 0) is 9.53 Å². The van der Waals surface area contributed by atoms with E-state index < -0.39 is 12.0 Å². The summed E-state index contributed by atoms with van der Waals surface area (Å²) in [6, 6.07) is -1.20. The molecule has 94 valence electrons. The molecule has 0 aliphatic rings. The highest BCUT2D eigenvalue weighted by atomic mass is 16.5. The smallest absolute Gasteiger partial charge is 0.326 e. The van der Waals surface area contributed by atoms with Gasteiger partial charge < -0.3 is 20.1 Å². The molecule has 0 aromatic heterocycles. The van der Waals surface area contributed by atoms with Crippen molar-refractivity contribution >= 4 is 12.0 Å². The first-order chi connectivity index (χ1) is 7.56. The first kappa shape index (κ1) is 14.7. The first-order valence-corrected chi connectivity index (χ1v) is 5.33. The maximum atomic E-state index is 11.6. The molecule has 0 unspecified atom stereocenters. The standard InChI is InChI=1S/C10H20N2O4/c1-4-8(9(13)14)11-10(15)12(5-2)6-7-16-3/h8H,4-7H2,1-3H3,(H,11,15)(H,13,14)/t8-/m0/s1. The zero-order chi connectivity index (χ0) is 12.6. The largest absolute Gasteiger partial charge is 0.480 e. The third-order valence-electron chi connectivity index (χ3n) is 2.24. The predicted molar refractivity (Wildman–Crippen MR) is 59.4 cm³/mol. The number of likely N-dealkylation sites (N-methyl/N-ethyl adjacent to an activating group) is 1. The van der Waals surface area contributed by atoms with Crippen molar-refractivity contribution in [3.8, 4) is 0 Å². The summed E-state index contributed by atoms with van der Waals surface area (Å²) in [5, 5.41) is 11.3. The van der Waals surface area contributed by atoms with E-state index in [0.29, 0.717) is 26.1 Å². The summed E-state index contributed by atoms with van der Waals surface area (Å²) >= 11 is 0. The fraction of sp³-hybridized carbons (Fsp3) is 0.800. The lowest BCUT2D eigenvalue weighted by molar-refractivity contribution is -0.139. The second-order valence-electron chi connectivity index (χ2n) is 3.32. The van der Waals surface area contributed by atoms with Crippen molar-refractivity contribution in [3.63, 3.8) is 0 Å². The van der Waals surface area contributed by atoms with Gasteiger partial charge in [-0.05, 0) is 13.3 Å². The molecular weight excluding hydrogens is 212 g/mol. The van der Waals surface area contributed by atoms with Gasteiger partial charge in [0.05, 0.1) is 6.61 Å². The molecule has 6 heteroatoms. The number of rotatable bonds is 7. The molecule has 0 aromatic rings. The number of nitrogens with zero attached hydrogens (tertiary/aromatic N) is 1. The Hall–Kier alpha value is -1.30. The van der Waals surface area contributed by atoms with Crippen LogP contribution >= 0.6 is 0 Å². The SMILES string of the molecule is CC[C@H](NC(=O)N(CC)CCOC)C(=O)O. The molecule has 0 rings (SSSR count). The minimum absolute atomic E-state index is 0.364. The number of carbonyl (C=O) groups excluding carboxylic acids is 1. The number of nitrogens with one attached hydrogen (secondary N) is 1. The van der Waals surface area contributed by atoms with Crippen molar-refractivity contribution in [1.29, 1.82) is 0 Å². The third-order valence-corrected chi connectivity index (χ3v) is 2.24.